The molecule has 7 nitrogen and oxygen atoms in total. The molecule has 0 saturated carbocycles. The van der Waals surface area contributed by atoms with E-state index in [0.717, 1.165) is 24.3 Å². The number of methoxy groups -OCH3 is 1. The van der Waals surface area contributed by atoms with E-state index in [2.05, 4.69) is 15.4 Å². The lowest BCUT2D eigenvalue weighted by molar-refractivity contribution is 0.0717. The second kappa shape index (κ2) is 7.25. The summed E-state index contributed by atoms with van der Waals surface area (Å²) in [4.78, 5) is 17.4. The number of benzene rings is 1. The Morgan fingerprint density at radius 3 is 3.08 bits per heavy atom. The first-order valence-electron chi connectivity index (χ1n) is 8.51. The van der Waals surface area contributed by atoms with Crippen LogP contribution in [0.3, 0.4) is 0 Å². The van der Waals surface area contributed by atoms with Crippen molar-refractivity contribution in [3.63, 3.8) is 0 Å². The van der Waals surface area contributed by atoms with Gasteiger partial charge in [-0.1, -0.05) is 12.1 Å². The molecule has 8 heteroatoms. The predicted octanol–water partition coefficient (Wildman–Crippen LogP) is 2.72. The summed E-state index contributed by atoms with van der Waals surface area (Å²) in [6, 6.07) is 11.3. The lowest BCUT2D eigenvalue weighted by atomic mass is 10.1. The molecular formula is C18H19N5O2S. The summed E-state index contributed by atoms with van der Waals surface area (Å²) >= 11 is 1.58. The van der Waals surface area contributed by atoms with Crippen LogP contribution < -0.4 is 4.74 Å². The van der Waals surface area contributed by atoms with Crippen molar-refractivity contribution in [1.82, 2.24) is 25.1 Å². The Bertz CT molecular complexity index is 893. The highest BCUT2D eigenvalue weighted by atomic mass is 32.1. The fourth-order valence-electron chi connectivity index (χ4n) is 3.23. The second-order valence-corrected chi connectivity index (χ2v) is 7.12. The Balaban J connectivity index is 1.49. The van der Waals surface area contributed by atoms with Crippen LogP contribution in [-0.4, -0.2) is 50.7 Å². The molecule has 1 aliphatic rings. The van der Waals surface area contributed by atoms with E-state index in [1.165, 1.54) is 0 Å². The van der Waals surface area contributed by atoms with Crippen LogP contribution in [0, 0.1) is 0 Å². The molecule has 1 saturated heterocycles. The monoisotopic (exact) mass is 369 g/mol. The maximum absolute atomic E-state index is 12.9. The summed E-state index contributed by atoms with van der Waals surface area (Å²) < 4.78 is 5.23. The largest absolute Gasteiger partial charge is 0.497 e. The molecule has 1 amide bonds. The minimum Gasteiger partial charge on any atom is -0.497 e. The van der Waals surface area contributed by atoms with Gasteiger partial charge in [0, 0.05) is 12.1 Å². The average molecular weight is 369 g/mol. The number of nitrogens with zero attached hydrogens (tertiary/aromatic N) is 5. The van der Waals surface area contributed by atoms with Crippen molar-refractivity contribution in [2.75, 3.05) is 13.7 Å². The molecule has 1 aliphatic heterocycles. The fraction of sp³-hybridized carbons (Fsp3) is 0.333. The second-order valence-electron chi connectivity index (χ2n) is 6.17. The number of carbonyl (C=O) groups is 1. The lowest BCUT2D eigenvalue weighted by Gasteiger charge is -2.24. The first-order valence-corrected chi connectivity index (χ1v) is 9.39. The van der Waals surface area contributed by atoms with Gasteiger partial charge < -0.3 is 9.64 Å². The minimum absolute atomic E-state index is 0.0185. The molecule has 2 aromatic heterocycles. The molecule has 3 aromatic rings. The molecule has 0 N–H and O–H groups in total. The quantitative estimate of drug-likeness (QED) is 0.691. The van der Waals surface area contributed by atoms with Gasteiger partial charge in [0.2, 0.25) is 5.82 Å². The van der Waals surface area contributed by atoms with Gasteiger partial charge in [0.05, 0.1) is 24.6 Å². The Labute approximate surface area is 155 Å². The zero-order chi connectivity index (χ0) is 17.9. The van der Waals surface area contributed by atoms with Gasteiger partial charge in [-0.3, -0.25) is 4.79 Å². The van der Waals surface area contributed by atoms with E-state index < -0.39 is 0 Å². The van der Waals surface area contributed by atoms with Crippen molar-refractivity contribution < 1.29 is 9.53 Å². The molecular weight excluding hydrogens is 350 g/mol. The van der Waals surface area contributed by atoms with Gasteiger partial charge in [-0.25, -0.2) is 0 Å². The van der Waals surface area contributed by atoms with Crippen molar-refractivity contribution in [3.05, 3.63) is 47.3 Å². The van der Waals surface area contributed by atoms with Crippen LogP contribution in [0.25, 0.3) is 10.7 Å². The van der Waals surface area contributed by atoms with Crippen molar-refractivity contribution in [2.24, 2.45) is 0 Å². The zero-order valence-corrected chi connectivity index (χ0v) is 15.2. The van der Waals surface area contributed by atoms with Crippen LogP contribution in [-0.2, 0) is 6.54 Å². The highest BCUT2D eigenvalue weighted by Crippen LogP contribution is 2.24. The number of rotatable bonds is 5. The van der Waals surface area contributed by atoms with Crippen molar-refractivity contribution in [3.8, 4) is 16.5 Å². The molecule has 4 rings (SSSR count). The summed E-state index contributed by atoms with van der Waals surface area (Å²) in [5, 5.41) is 14.7. The molecule has 0 radical (unpaired) electrons. The van der Waals surface area contributed by atoms with Gasteiger partial charge in [0.1, 0.15) is 5.75 Å². The lowest BCUT2D eigenvalue weighted by Crippen LogP contribution is -2.38. The topological polar surface area (TPSA) is 73.1 Å². The van der Waals surface area contributed by atoms with E-state index in [9.17, 15) is 4.79 Å². The predicted molar refractivity (Wildman–Crippen MR) is 98.2 cm³/mol. The third-order valence-electron chi connectivity index (χ3n) is 4.52. The number of thiophene rings is 1. The van der Waals surface area contributed by atoms with Crippen molar-refractivity contribution in [2.45, 2.75) is 25.4 Å². The van der Waals surface area contributed by atoms with Crippen LogP contribution in [0.15, 0.2) is 41.8 Å². The Hall–Kier alpha value is -2.74. The van der Waals surface area contributed by atoms with Gasteiger partial charge in [-0.2, -0.15) is 4.80 Å². The minimum atomic E-state index is 0.0185. The van der Waals surface area contributed by atoms with Crippen molar-refractivity contribution >= 4 is 17.2 Å². The third kappa shape index (κ3) is 3.32. The molecule has 3 heterocycles. The number of aromatic nitrogens is 4. The summed E-state index contributed by atoms with van der Waals surface area (Å²) in [5.41, 5.74) is 0.641. The highest BCUT2D eigenvalue weighted by molar-refractivity contribution is 7.13. The average Bonchev–Trinajstić information content (AvgIpc) is 3.43. The number of amides is 1. The van der Waals surface area contributed by atoms with Crippen LogP contribution in [0.4, 0.5) is 0 Å². The summed E-state index contributed by atoms with van der Waals surface area (Å²) in [5.74, 6) is 1.33. The van der Waals surface area contributed by atoms with Crippen molar-refractivity contribution in [1.29, 1.82) is 0 Å². The van der Waals surface area contributed by atoms with E-state index in [1.807, 2.05) is 40.6 Å². The third-order valence-corrected chi connectivity index (χ3v) is 5.39. The van der Waals surface area contributed by atoms with Gasteiger partial charge in [0.15, 0.2) is 0 Å². The summed E-state index contributed by atoms with van der Waals surface area (Å²) in [7, 11) is 1.60. The van der Waals surface area contributed by atoms with Gasteiger partial charge in [-0.05, 0) is 47.7 Å². The Morgan fingerprint density at radius 2 is 2.27 bits per heavy atom. The Kier molecular flexibility index (Phi) is 4.66. The van der Waals surface area contributed by atoms with E-state index in [4.69, 9.17) is 4.74 Å². The van der Waals surface area contributed by atoms with Gasteiger partial charge in [-0.15, -0.1) is 21.5 Å². The maximum Gasteiger partial charge on any atom is 0.254 e. The fourth-order valence-corrected chi connectivity index (χ4v) is 3.88. The van der Waals surface area contributed by atoms with E-state index in [1.54, 1.807) is 29.3 Å². The first kappa shape index (κ1) is 16.7. The van der Waals surface area contributed by atoms with Crippen LogP contribution in [0.5, 0.6) is 5.75 Å². The molecule has 0 bridgehead atoms. The standard InChI is InChI=1S/C18H19N5O2S/c1-25-15-7-2-5-13(11-15)18(24)22-9-3-6-14(22)12-23-20-17(19-21-23)16-8-4-10-26-16/h2,4-5,7-8,10-11,14H,3,6,9,12H2,1H3/t14-/m1/s1. The number of carbonyl (C=O) groups excluding carboxylic acids is 1. The number of likely N-dealkylation sites (tertiary alicyclic amines) is 1. The number of hydrogen-bond donors (Lipinski definition) is 0. The molecule has 134 valence electrons. The molecule has 1 fully saturated rings. The molecule has 0 unspecified atom stereocenters. The van der Waals surface area contributed by atoms with Crippen LogP contribution in [0.2, 0.25) is 0 Å². The molecule has 0 aliphatic carbocycles. The molecule has 26 heavy (non-hydrogen) atoms. The summed E-state index contributed by atoms with van der Waals surface area (Å²) in [6.07, 6.45) is 1.92. The molecule has 1 aromatic carbocycles. The van der Waals surface area contributed by atoms with Crippen LogP contribution >= 0.6 is 11.3 Å². The van der Waals surface area contributed by atoms with E-state index in [-0.39, 0.29) is 11.9 Å². The molecule has 0 spiro atoms. The number of ether oxygens (including phenoxy) is 1. The zero-order valence-electron chi connectivity index (χ0n) is 14.4. The Morgan fingerprint density at radius 1 is 1.35 bits per heavy atom. The van der Waals surface area contributed by atoms with Crippen LogP contribution in [0.1, 0.15) is 23.2 Å². The maximum atomic E-state index is 12.9. The first-order chi connectivity index (χ1) is 12.7. The number of tetrazole rings is 1. The number of hydrogen-bond acceptors (Lipinski definition) is 6. The normalized spacial score (nSPS) is 16.8. The summed E-state index contributed by atoms with van der Waals surface area (Å²) in [6.45, 7) is 1.29. The SMILES string of the molecule is COc1cccc(C(=O)N2CCC[C@@H]2Cn2nnc(-c3cccs3)n2)c1. The smallest absolute Gasteiger partial charge is 0.254 e. The van der Waals surface area contributed by atoms with E-state index in [0.29, 0.717) is 23.7 Å². The molecule has 1 atom stereocenters. The van der Waals surface area contributed by atoms with Gasteiger partial charge >= 0.3 is 0 Å². The van der Waals surface area contributed by atoms with Gasteiger partial charge in [0.25, 0.3) is 5.91 Å². The highest BCUT2D eigenvalue weighted by Gasteiger charge is 2.30. The van der Waals surface area contributed by atoms with E-state index >= 15 is 0 Å².